The summed E-state index contributed by atoms with van der Waals surface area (Å²) >= 11 is 5.98. The van der Waals surface area contributed by atoms with E-state index in [2.05, 4.69) is 17.6 Å². The van der Waals surface area contributed by atoms with Crippen LogP contribution < -0.4 is 15.4 Å². The summed E-state index contributed by atoms with van der Waals surface area (Å²) in [5.74, 6) is 0.706. The van der Waals surface area contributed by atoms with Crippen LogP contribution in [0.1, 0.15) is 25.3 Å². The lowest BCUT2D eigenvalue weighted by Crippen LogP contribution is -2.43. The number of amides is 1. The van der Waals surface area contributed by atoms with Crippen LogP contribution in [0.5, 0.6) is 5.75 Å². The number of carbonyl (C=O) groups is 1. The Morgan fingerprint density at radius 2 is 2.14 bits per heavy atom. The van der Waals surface area contributed by atoms with Crippen LogP contribution in [0.25, 0.3) is 0 Å². The number of halogens is 1. The Kier molecular flexibility index (Phi) is 5.48. The molecule has 4 nitrogen and oxygen atoms in total. The van der Waals surface area contributed by atoms with E-state index in [9.17, 15) is 4.79 Å². The first-order valence-electron chi connectivity index (χ1n) is 7.32. The highest BCUT2D eigenvalue weighted by molar-refractivity contribution is 6.30. The Hall–Kier alpha value is -1.26. The van der Waals surface area contributed by atoms with Gasteiger partial charge in [0.15, 0.2) is 0 Å². The quantitative estimate of drug-likeness (QED) is 0.878. The summed E-state index contributed by atoms with van der Waals surface area (Å²) in [4.78, 5) is 12.2. The van der Waals surface area contributed by atoms with Gasteiger partial charge in [-0.2, -0.15) is 0 Å². The first-order valence-corrected chi connectivity index (χ1v) is 7.70. The highest BCUT2D eigenvalue weighted by Crippen LogP contribution is 2.27. The van der Waals surface area contributed by atoms with E-state index in [-0.39, 0.29) is 17.7 Å². The van der Waals surface area contributed by atoms with E-state index in [1.165, 1.54) is 0 Å². The number of ether oxygens (including phenoxy) is 1. The minimum Gasteiger partial charge on any atom is -0.496 e. The first kappa shape index (κ1) is 16.1. The number of hydrogen-bond donors (Lipinski definition) is 2. The Morgan fingerprint density at radius 1 is 1.43 bits per heavy atom. The fourth-order valence-corrected chi connectivity index (χ4v) is 2.83. The second kappa shape index (κ2) is 7.14. The summed E-state index contributed by atoms with van der Waals surface area (Å²) in [7, 11) is 1.60. The van der Waals surface area contributed by atoms with E-state index in [1.54, 1.807) is 25.3 Å². The van der Waals surface area contributed by atoms with E-state index in [0.29, 0.717) is 10.8 Å². The van der Waals surface area contributed by atoms with Crippen LogP contribution >= 0.6 is 11.6 Å². The molecule has 0 bridgehead atoms. The van der Waals surface area contributed by atoms with Crippen molar-refractivity contribution in [2.75, 3.05) is 26.7 Å². The van der Waals surface area contributed by atoms with Crippen molar-refractivity contribution in [3.05, 3.63) is 28.8 Å². The zero-order chi connectivity index (χ0) is 15.3. The van der Waals surface area contributed by atoms with Crippen molar-refractivity contribution in [2.45, 2.75) is 26.2 Å². The van der Waals surface area contributed by atoms with Crippen molar-refractivity contribution < 1.29 is 9.53 Å². The van der Waals surface area contributed by atoms with Crippen molar-refractivity contribution in [2.24, 2.45) is 5.41 Å². The largest absolute Gasteiger partial charge is 0.496 e. The molecule has 116 valence electrons. The highest BCUT2D eigenvalue weighted by atomic mass is 35.5. The van der Waals surface area contributed by atoms with E-state index in [4.69, 9.17) is 16.3 Å². The SMILES string of the molecule is COc1ccc(Cl)cc1CC(=O)NCC1(C)CCNCC1. The zero-order valence-electron chi connectivity index (χ0n) is 12.7. The van der Waals surface area contributed by atoms with Gasteiger partial charge in [-0.1, -0.05) is 18.5 Å². The Balaban J connectivity index is 1.91. The molecule has 1 heterocycles. The first-order chi connectivity index (χ1) is 10.0. The minimum atomic E-state index is 0.00956. The van der Waals surface area contributed by atoms with Gasteiger partial charge in [-0.25, -0.2) is 0 Å². The molecule has 0 spiro atoms. The molecular formula is C16H23ClN2O2. The van der Waals surface area contributed by atoms with Crippen LogP contribution in [0.2, 0.25) is 5.02 Å². The zero-order valence-corrected chi connectivity index (χ0v) is 13.4. The van der Waals surface area contributed by atoms with Crippen LogP contribution in [0.15, 0.2) is 18.2 Å². The maximum atomic E-state index is 12.2. The third-order valence-electron chi connectivity index (χ3n) is 4.12. The van der Waals surface area contributed by atoms with Gasteiger partial charge in [-0.05, 0) is 49.5 Å². The van der Waals surface area contributed by atoms with Crippen LogP contribution in [0.4, 0.5) is 0 Å². The molecule has 21 heavy (non-hydrogen) atoms. The molecule has 1 aliphatic heterocycles. The summed E-state index contributed by atoms with van der Waals surface area (Å²) in [6.07, 6.45) is 2.47. The molecule has 0 unspecified atom stereocenters. The molecule has 1 aromatic carbocycles. The molecule has 2 rings (SSSR count). The van der Waals surface area contributed by atoms with Gasteiger partial charge in [-0.15, -0.1) is 0 Å². The van der Waals surface area contributed by atoms with Crippen LogP contribution in [-0.2, 0) is 11.2 Å². The van der Waals surface area contributed by atoms with Gasteiger partial charge < -0.3 is 15.4 Å². The highest BCUT2D eigenvalue weighted by Gasteiger charge is 2.27. The second-order valence-electron chi connectivity index (χ2n) is 5.97. The third kappa shape index (κ3) is 4.61. The van der Waals surface area contributed by atoms with Gasteiger partial charge >= 0.3 is 0 Å². The lowest BCUT2D eigenvalue weighted by molar-refractivity contribution is -0.121. The predicted octanol–water partition coefficient (Wildman–Crippen LogP) is 2.40. The molecule has 5 heteroatoms. The number of hydrogen-bond acceptors (Lipinski definition) is 3. The molecule has 1 saturated heterocycles. The van der Waals surface area contributed by atoms with Crippen molar-refractivity contribution in [1.29, 1.82) is 0 Å². The molecular weight excluding hydrogens is 288 g/mol. The lowest BCUT2D eigenvalue weighted by Gasteiger charge is -2.34. The Labute approximate surface area is 131 Å². The summed E-state index contributed by atoms with van der Waals surface area (Å²) in [6.45, 7) is 4.99. The fourth-order valence-electron chi connectivity index (χ4n) is 2.64. The lowest BCUT2D eigenvalue weighted by atomic mass is 9.81. The second-order valence-corrected chi connectivity index (χ2v) is 6.41. The molecule has 0 saturated carbocycles. The van der Waals surface area contributed by atoms with E-state index in [1.807, 2.05) is 0 Å². The normalized spacial score (nSPS) is 17.3. The standard InChI is InChI=1S/C16H23ClN2O2/c1-16(5-7-18-8-6-16)11-19-15(20)10-12-9-13(17)3-4-14(12)21-2/h3-4,9,18H,5-8,10-11H2,1-2H3,(H,19,20). The maximum absolute atomic E-state index is 12.2. The van der Waals surface area contributed by atoms with Crippen molar-refractivity contribution in [3.63, 3.8) is 0 Å². The molecule has 1 fully saturated rings. The number of benzene rings is 1. The van der Waals surface area contributed by atoms with Gasteiger partial charge in [0.2, 0.25) is 5.91 Å². The van der Waals surface area contributed by atoms with Crippen LogP contribution in [0.3, 0.4) is 0 Å². The number of methoxy groups -OCH3 is 1. The number of rotatable bonds is 5. The molecule has 1 amide bonds. The average Bonchev–Trinajstić information content (AvgIpc) is 2.46. The predicted molar refractivity (Wildman–Crippen MR) is 84.9 cm³/mol. The number of piperidine rings is 1. The minimum absolute atomic E-state index is 0.00956. The molecule has 2 N–H and O–H groups in total. The van der Waals surface area contributed by atoms with Gasteiger partial charge in [0.1, 0.15) is 5.75 Å². The monoisotopic (exact) mass is 310 g/mol. The summed E-state index contributed by atoms with van der Waals surface area (Å²) in [5.41, 5.74) is 1.01. The van der Waals surface area contributed by atoms with Crippen LogP contribution in [-0.4, -0.2) is 32.7 Å². The molecule has 0 atom stereocenters. The van der Waals surface area contributed by atoms with Crippen molar-refractivity contribution in [1.82, 2.24) is 10.6 Å². The summed E-state index contributed by atoms with van der Waals surface area (Å²) in [6, 6.07) is 5.34. The van der Waals surface area contributed by atoms with Gasteiger partial charge in [0, 0.05) is 17.1 Å². The van der Waals surface area contributed by atoms with Gasteiger partial charge in [0.05, 0.1) is 13.5 Å². The molecule has 0 aromatic heterocycles. The average molecular weight is 311 g/mol. The summed E-state index contributed by atoms with van der Waals surface area (Å²) in [5, 5.41) is 7.01. The van der Waals surface area contributed by atoms with Gasteiger partial charge in [0.25, 0.3) is 0 Å². The topological polar surface area (TPSA) is 50.4 Å². The summed E-state index contributed by atoms with van der Waals surface area (Å²) < 4.78 is 5.27. The molecule has 1 aliphatic rings. The third-order valence-corrected chi connectivity index (χ3v) is 4.35. The fraction of sp³-hybridized carbons (Fsp3) is 0.562. The molecule has 1 aromatic rings. The van der Waals surface area contributed by atoms with Crippen LogP contribution in [0, 0.1) is 5.41 Å². The smallest absolute Gasteiger partial charge is 0.224 e. The van der Waals surface area contributed by atoms with E-state index in [0.717, 1.165) is 38.0 Å². The van der Waals surface area contributed by atoms with E-state index < -0.39 is 0 Å². The van der Waals surface area contributed by atoms with Crippen molar-refractivity contribution >= 4 is 17.5 Å². The number of nitrogens with one attached hydrogen (secondary N) is 2. The number of carbonyl (C=O) groups excluding carboxylic acids is 1. The molecule has 0 aliphatic carbocycles. The van der Waals surface area contributed by atoms with Crippen molar-refractivity contribution in [3.8, 4) is 5.75 Å². The van der Waals surface area contributed by atoms with E-state index >= 15 is 0 Å². The Bertz CT molecular complexity index is 499. The molecule has 0 radical (unpaired) electrons. The van der Waals surface area contributed by atoms with Gasteiger partial charge in [-0.3, -0.25) is 4.79 Å². The maximum Gasteiger partial charge on any atom is 0.224 e. The Morgan fingerprint density at radius 3 is 2.81 bits per heavy atom.